The predicted molar refractivity (Wildman–Crippen MR) is 82.5 cm³/mol. The van der Waals surface area contributed by atoms with E-state index in [1.54, 1.807) is 0 Å². The molecular formula is C16H29N3O2. The molecule has 5 heteroatoms. The normalized spacial score (nSPS) is 27.4. The number of rotatable bonds is 7. The standard InChI is InChI=1S/C16H29N3O2/c1-3-4-5-14(15(17)20)18-13-8-9-19(10-11(13)2)16(21)12-6-7-12/h11-14,18H,3-10H2,1-2H3,(H2,17,20)/t11-,13+,14+/m1/s1. The largest absolute Gasteiger partial charge is 0.368 e. The molecule has 1 saturated carbocycles. The van der Waals surface area contributed by atoms with Gasteiger partial charge in [-0.25, -0.2) is 0 Å². The van der Waals surface area contributed by atoms with Crippen LogP contribution in [0.4, 0.5) is 0 Å². The first-order valence-corrected chi connectivity index (χ1v) is 8.37. The van der Waals surface area contributed by atoms with E-state index in [0.29, 0.717) is 17.7 Å². The lowest BCUT2D eigenvalue weighted by Gasteiger charge is -2.39. The number of nitrogens with one attached hydrogen (secondary N) is 1. The molecule has 0 aromatic rings. The lowest BCUT2D eigenvalue weighted by molar-refractivity contribution is -0.135. The van der Waals surface area contributed by atoms with E-state index in [1.807, 2.05) is 4.90 Å². The van der Waals surface area contributed by atoms with E-state index in [4.69, 9.17) is 5.73 Å². The van der Waals surface area contributed by atoms with Gasteiger partial charge in [0.2, 0.25) is 11.8 Å². The quantitative estimate of drug-likeness (QED) is 0.742. The Kier molecular flexibility index (Phi) is 5.62. The zero-order valence-electron chi connectivity index (χ0n) is 13.3. The number of amides is 2. The van der Waals surface area contributed by atoms with E-state index in [-0.39, 0.29) is 18.0 Å². The van der Waals surface area contributed by atoms with Crippen molar-refractivity contribution in [3.05, 3.63) is 0 Å². The van der Waals surface area contributed by atoms with Crippen molar-refractivity contribution in [3.8, 4) is 0 Å². The number of piperidine rings is 1. The first-order valence-electron chi connectivity index (χ1n) is 8.37. The molecule has 1 aliphatic heterocycles. The molecule has 0 bridgehead atoms. The van der Waals surface area contributed by atoms with Gasteiger partial charge in [0.05, 0.1) is 6.04 Å². The highest BCUT2D eigenvalue weighted by Crippen LogP contribution is 2.32. The third-order valence-corrected chi connectivity index (χ3v) is 4.75. The number of primary amides is 1. The van der Waals surface area contributed by atoms with Crippen LogP contribution in [-0.4, -0.2) is 41.9 Å². The summed E-state index contributed by atoms with van der Waals surface area (Å²) in [4.78, 5) is 25.7. The van der Waals surface area contributed by atoms with E-state index in [1.165, 1.54) is 0 Å². The van der Waals surface area contributed by atoms with Crippen molar-refractivity contribution in [1.82, 2.24) is 10.2 Å². The van der Waals surface area contributed by atoms with Gasteiger partial charge in [-0.1, -0.05) is 26.7 Å². The van der Waals surface area contributed by atoms with Gasteiger partial charge in [0.25, 0.3) is 0 Å². The van der Waals surface area contributed by atoms with Crippen molar-refractivity contribution < 1.29 is 9.59 Å². The van der Waals surface area contributed by atoms with E-state index in [0.717, 1.165) is 51.6 Å². The van der Waals surface area contributed by atoms with Crippen molar-refractivity contribution in [2.75, 3.05) is 13.1 Å². The van der Waals surface area contributed by atoms with Crippen LogP contribution in [0, 0.1) is 11.8 Å². The average molecular weight is 295 g/mol. The number of hydrogen-bond acceptors (Lipinski definition) is 3. The molecule has 1 heterocycles. The van der Waals surface area contributed by atoms with Gasteiger partial charge < -0.3 is 16.0 Å². The Labute approximate surface area is 127 Å². The number of nitrogens with zero attached hydrogens (tertiary/aromatic N) is 1. The van der Waals surface area contributed by atoms with Crippen molar-refractivity contribution in [2.24, 2.45) is 17.6 Å². The van der Waals surface area contributed by atoms with Gasteiger partial charge in [0.15, 0.2) is 0 Å². The van der Waals surface area contributed by atoms with Gasteiger partial charge in [-0.15, -0.1) is 0 Å². The first-order chi connectivity index (χ1) is 10.0. The van der Waals surface area contributed by atoms with E-state index in [9.17, 15) is 9.59 Å². The monoisotopic (exact) mass is 295 g/mol. The minimum absolute atomic E-state index is 0.233. The Balaban J connectivity index is 1.83. The number of hydrogen-bond donors (Lipinski definition) is 2. The van der Waals surface area contributed by atoms with Crippen LogP contribution in [0.5, 0.6) is 0 Å². The minimum Gasteiger partial charge on any atom is -0.368 e. The Bertz CT molecular complexity index is 382. The van der Waals surface area contributed by atoms with Crippen LogP contribution in [0.3, 0.4) is 0 Å². The topological polar surface area (TPSA) is 75.4 Å². The molecule has 5 nitrogen and oxygen atoms in total. The summed E-state index contributed by atoms with van der Waals surface area (Å²) in [6.45, 7) is 5.87. The van der Waals surface area contributed by atoms with Crippen LogP contribution >= 0.6 is 0 Å². The molecule has 0 unspecified atom stereocenters. The Morgan fingerprint density at radius 3 is 2.57 bits per heavy atom. The van der Waals surface area contributed by atoms with Gasteiger partial charge in [-0.3, -0.25) is 9.59 Å². The molecule has 2 amide bonds. The maximum atomic E-state index is 12.1. The van der Waals surface area contributed by atoms with Gasteiger partial charge in [-0.2, -0.15) is 0 Å². The number of likely N-dealkylation sites (tertiary alicyclic amines) is 1. The van der Waals surface area contributed by atoms with Crippen LogP contribution in [0.15, 0.2) is 0 Å². The van der Waals surface area contributed by atoms with Gasteiger partial charge >= 0.3 is 0 Å². The summed E-state index contributed by atoms with van der Waals surface area (Å²) in [6.07, 6.45) is 5.91. The summed E-state index contributed by atoms with van der Waals surface area (Å²) < 4.78 is 0. The summed E-state index contributed by atoms with van der Waals surface area (Å²) in [5, 5.41) is 3.43. The van der Waals surface area contributed by atoms with Crippen LogP contribution < -0.4 is 11.1 Å². The van der Waals surface area contributed by atoms with Crippen LogP contribution in [0.2, 0.25) is 0 Å². The molecule has 1 saturated heterocycles. The van der Waals surface area contributed by atoms with E-state index in [2.05, 4.69) is 19.2 Å². The molecule has 3 N–H and O–H groups in total. The third-order valence-electron chi connectivity index (χ3n) is 4.75. The molecule has 0 spiro atoms. The van der Waals surface area contributed by atoms with Crippen molar-refractivity contribution in [2.45, 2.75) is 64.5 Å². The van der Waals surface area contributed by atoms with Crippen LogP contribution in [-0.2, 0) is 9.59 Å². The molecule has 120 valence electrons. The van der Waals surface area contributed by atoms with E-state index >= 15 is 0 Å². The molecule has 2 aliphatic rings. The second-order valence-corrected chi connectivity index (χ2v) is 6.69. The minimum atomic E-state index is -0.257. The first kappa shape index (κ1) is 16.3. The molecule has 21 heavy (non-hydrogen) atoms. The summed E-state index contributed by atoms with van der Waals surface area (Å²) in [5.41, 5.74) is 5.50. The maximum Gasteiger partial charge on any atom is 0.234 e. The molecular weight excluding hydrogens is 266 g/mol. The Morgan fingerprint density at radius 2 is 2.05 bits per heavy atom. The van der Waals surface area contributed by atoms with Crippen molar-refractivity contribution in [3.63, 3.8) is 0 Å². The average Bonchev–Trinajstić information content (AvgIpc) is 3.28. The van der Waals surface area contributed by atoms with Gasteiger partial charge in [0.1, 0.15) is 0 Å². The second-order valence-electron chi connectivity index (χ2n) is 6.69. The highest BCUT2D eigenvalue weighted by atomic mass is 16.2. The summed E-state index contributed by atoms with van der Waals surface area (Å²) in [7, 11) is 0. The number of nitrogens with two attached hydrogens (primary N) is 1. The Hall–Kier alpha value is -1.10. The molecule has 2 rings (SSSR count). The smallest absolute Gasteiger partial charge is 0.234 e. The lowest BCUT2D eigenvalue weighted by Crippen LogP contribution is -2.55. The fraction of sp³-hybridized carbons (Fsp3) is 0.875. The van der Waals surface area contributed by atoms with Gasteiger partial charge in [0, 0.05) is 25.0 Å². The number of carbonyl (C=O) groups excluding carboxylic acids is 2. The SMILES string of the molecule is CCCC[C@H](N[C@H]1CCN(C(=O)C2CC2)C[C@H]1C)C(N)=O. The molecule has 0 aromatic carbocycles. The molecule has 3 atom stereocenters. The van der Waals surface area contributed by atoms with Gasteiger partial charge in [-0.05, 0) is 31.6 Å². The maximum absolute atomic E-state index is 12.1. The molecule has 0 aromatic heterocycles. The molecule has 1 aliphatic carbocycles. The molecule has 2 fully saturated rings. The number of unbranched alkanes of at least 4 members (excludes halogenated alkanes) is 1. The second kappa shape index (κ2) is 7.25. The third kappa shape index (κ3) is 4.43. The highest BCUT2D eigenvalue weighted by Gasteiger charge is 2.37. The summed E-state index contributed by atoms with van der Waals surface area (Å²) in [5.74, 6) is 0.736. The predicted octanol–water partition coefficient (Wildman–Crippen LogP) is 1.27. The zero-order chi connectivity index (χ0) is 15.4. The zero-order valence-corrected chi connectivity index (χ0v) is 13.3. The summed E-state index contributed by atoms with van der Waals surface area (Å²) in [6, 6.07) is 0.0469. The number of carbonyl (C=O) groups is 2. The van der Waals surface area contributed by atoms with Crippen LogP contribution in [0.25, 0.3) is 0 Å². The van der Waals surface area contributed by atoms with E-state index < -0.39 is 0 Å². The van der Waals surface area contributed by atoms with Crippen molar-refractivity contribution in [1.29, 1.82) is 0 Å². The highest BCUT2D eigenvalue weighted by molar-refractivity contribution is 5.81. The van der Waals surface area contributed by atoms with Crippen molar-refractivity contribution >= 4 is 11.8 Å². The summed E-state index contributed by atoms with van der Waals surface area (Å²) >= 11 is 0. The lowest BCUT2D eigenvalue weighted by atomic mass is 9.92. The molecule has 0 radical (unpaired) electrons. The fourth-order valence-electron chi connectivity index (χ4n) is 3.16. The fourth-order valence-corrected chi connectivity index (χ4v) is 3.16. The Morgan fingerprint density at radius 1 is 1.33 bits per heavy atom. The van der Waals surface area contributed by atoms with Crippen LogP contribution in [0.1, 0.15) is 52.4 Å².